The van der Waals surface area contributed by atoms with Gasteiger partial charge in [0.1, 0.15) is 0 Å². The van der Waals surface area contributed by atoms with Crippen molar-refractivity contribution in [2.24, 2.45) is 5.41 Å². The lowest BCUT2D eigenvalue weighted by molar-refractivity contribution is 0.173. The Labute approximate surface area is 130 Å². The van der Waals surface area contributed by atoms with E-state index in [1.54, 1.807) is 0 Å². The van der Waals surface area contributed by atoms with Crippen molar-refractivity contribution in [3.63, 3.8) is 0 Å². The fourth-order valence-electron chi connectivity index (χ4n) is 3.99. The topological polar surface area (TPSA) is 15.3 Å². The third-order valence-corrected chi connectivity index (χ3v) is 4.87. The molecule has 0 saturated carbocycles. The zero-order chi connectivity index (χ0) is 15.3. The molecule has 1 aliphatic rings. The first kappa shape index (κ1) is 16.4. The van der Waals surface area contributed by atoms with E-state index in [2.05, 4.69) is 62.2 Å². The van der Waals surface area contributed by atoms with Crippen molar-refractivity contribution in [3.8, 4) is 0 Å². The van der Waals surface area contributed by atoms with Crippen molar-refractivity contribution in [2.75, 3.05) is 24.5 Å². The van der Waals surface area contributed by atoms with Gasteiger partial charge >= 0.3 is 0 Å². The van der Waals surface area contributed by atoms with E-state index >= 15 is 0 Å². The Hall–Kier alpha value is -1.02. The molecule has 1 aromatic carbocycles. The van der Waals surface area contributed by atoms with Crippen molar-refractivity contribution in [1.29, 1.82) is 0 Å². The van der Waals surface area contributed by atoms with Crippen LogP contribution in [0.25, 0.3) is 0 Å². The highest BCUT2D eigenvalue weighted by atomic mass is 15.2. The van der Waals surface area contributed by atoms with Crippen LogP contribution in [0.2, 0.25) is 0 Å². The number of benzene rings is 1. The van der Waals surface area contributed by atoms with Gasteiger partial charge in [-0.2, -0.15) is 0 Å². The van der Waals surface area contributed by atoms with Crippen molar-refractivity contribution in [1.82, 2.24) is 5.32 Å². The molecule has 0 spiro atoms. The van der Waals surface area contributed by atoms with Crippen LogP contribution >= 0.6 is 0 Å². The monoisotopic (exact) mass is 288 g/mol. The first-order valence-electron chi connectivity index (χ1n) is 8.73. The predicted molar refractivity (Wildman–Crippen MR) is 93.0 cm³/mol. The summed E-state index contributed by atoms with van der Waals surface area (Å²) in [6.45, 7) is 12.6. The van der Waals surface area contributed by atoms with Gasteiger partial charge in [-0.05, 0) is 37.9 Å². The largest absolute Gasteiger partial charge is 0.370 e. The van der Waals surface area contributed by atoms with Gasteiger partial charge in [0.2, 0.25) is 0 Å². The Morgan fingerprint density at radius 3 is 2.29 bits per heavy atom. The molecule has 0 bridgehead atoms. The Morgan fingerprint density at radius 1 is 1.10 bits per heavy atom. The Morgan fingerprint density at radius 2 is 1.71 bits per heavy atom. The van der Waals surface area contributed by atoms with Gasteiger partial charge in [0.15, 0.2) is 0 Å². The first-order chi connectivity index (χ1) is 10.2. The minimum Gasteiger partial charge on any atom is -0.370 e. The van der Waals surface area contributed by atoms with Gasteiger partial charge in [-0.3, -0.25) is 0 Å². The molecule has 21 heavy (non-hydrogen) atoms. The number of hydrogen-bond donors (Lipinski definition) is 1. The zero-order valence-electron chi connectivity index (χ0n) is 14.3. The average molecular weight is 288 g/mol. The summed E-state index contributed by atoms with van der Waals surface area (Å²) in [5, 5.41) is 3.55. The van der Waals surface area contributed by atoms with Crippen LogP contribution in [0.5, 0.6) is 0 Å². The lowest BCUT2D eigenvalue weighted by atomic mass is 9.72. The quantitative estimate of drug-likeness (QED) is 0.741. The van der Waals surface area contributed by atoms with E-state index in [9.17, 15) is 0 Å². The van der Waals surface area contributed by atoms with E-state index in [0.717, 1.165) is 6.54 Å². The summed E-state index contributed by atoms with van der Waals surface area (Å²) in [5.41, 5.74) is 3.47. The van der Waals surface area contributed by atoms with E-state index in [4.69, 9.17) is 0 Å². The molecule has 1 aromatic rings. The van der Waals surface area contributed by atoms with Gasteiger partial charge in [0.05, 0.1) is 0 Å². The molecule has 1 atom stereocenters. The molecule has 1 heterocycles. The van der Waals surface area contributed by atoms with Crippen LogP contribution in [0, 0.1) is 5.41 Å². The highest BCUT2D eigenvalue weighted by Crippen LogP contribution is 2.43. The molecule has 1 N–H and O–H groups in total. The molecule has 0 amide bonds. The van der Waals surface area contributed by atoms with Crippen LogP contribution in [-0.4, -0.2) is 19.6 Å². The summed E-state index contributed by atoms with van der Waals surface area (Å²) in [5.74, 6) is 0. The second kappa shape index (κ2) is 7.31. The second-order valence-electron chi connectivity index (χ2n) is 6.69. The fourth-order valence-corrected chi connectivity index (χ4v) is 3.99. The third kappa shape index (κ3) is 3.60. The van der Waals surface area contributed by atoms with Crippen LogP contribution < -0.4 is 10.2 Å². The summed E-state index contributed by atoms with van der Waals surface area (Å²) in [6.07, 6.45) is 5.37. The van der Waals surface area contributed by atoms with E-state index in [1.807, 2.05) is 0 Å². The molecule has 1 aliphatic heterocycles. The molecular weight excluding hydrogens is 256 g/mol. The average Bonchev–Trinajstić information content (AvgIpc) is 2.45. The lowest BCUT2D eigenvalue weighted by Crippen LogP contribution is -2.56. The van der Waals surface area contributed by atoms with Crippen LogP contribution in [-0.2, 0) is 0 Å². The Kier molecular flexibility index (Phi) is 5.69. The van der Waals surface area contributed by atoms with Crippen LogP contribution in [0.4, 0.5) is 5.69 Å². The standard InChI is InChI=1S/C19H32N2/c1-5-12-19(13-6-2)14-21(15-19)18-11-9-8-10-17(18)16(4)20-7-3/h8-11,16,20H,5-7,12-15H2,1-4H3. The van der Waals surface area contributed by atoms with Crippen molar-refractivity contribution >= 4 is 5.69 Å². The van der Waals surface area contributed by atoms with Gasteiger partial charge in [0.25, 0.3) is 0 Å². The SMILES string of the molecule is CCCC1(CCC)CN(c2ccccc2C(C)NCC)C1. The zero-order valence-corrected chi connectivity index (χ0v) is 14.3. The molecule has 2 nitrogen and oxygen atoms in total. The van der Waals surface area contributed by atoms with E-state index in [1.165, 1.54) is 50.0 Å². The number of para-hydroxylation sites is 1. The van der Waals surface area contributed by atoms with E-state index in [0.29, 0.717) is 11.5 Å². The van der Waals surface area contributed by atoms with Gasteiger partial charge in [-0.15, -0.1) is 0 Å². The summed E-state index contributed by atoms with van der Waals surface area (Å²) in [7, 11) is 0. The molecule has 1 fully saturated rings. The highest BCUT2D eigenvalue weighted by Gasteiger charge is 2.41. The summed E-state index contributed by atoms with van der Waals surface area (Å²) < 4.78 is 0. The van der Waals surface area contributed by atoms with Gasteiger partial charge in [0, 0.05) is 30.2 Å². The Balaban J connectivity index is 2.10. The maximum Gasteiger partial charge on any atom is 0.0415 e. The molecule has 0 aromatic heterocycles. The molecule has 0 aliphatic carbocycles. The van der Waals surface area contributed by atoms with Crippen molar-refractivity contribution in [2.45, 2.75) is 59.4 Å². The summed E-state index contributed by atoms with van der Waals surface area (Å²) >= 11 is 0. The highest BCUT2D eigenvalue weighted by molar-refractivity contribution is 5.57. The molecule has 1 unspecified atom stereocenters. The number of nitrogens with one attached hydrogen (secondary N) is 1. The van der Waals surface area contributed by atoms with Crippen molar-refractivity contribution in [3.05, 3.63) is 29.8 Å². The third-order valence-electron chi connectivity index (χ3n) is 4.87. The summed E-state index contributed by atoms with van der Waals surface area (Å²) in [6, 6.07) is 9.35. The molecule has 2 heteroatoms. The maximum atomic E-state index is 3.55. The summed E-state index contributed by atoms with van der Waals surface area (Å²) in [4.78, 5) is 2.59. The van der Waals surface area contributed by atoms with Gasteiger partial charge in [-0.25, -0.2) is 0 Å². The molecular formula is C19H32N2. The maximum absolute atomic E-state index is 3.55. The smallest absolute Gasteiger partial charge is 0.0415 e. The van der Waals surface area contributed by atoms with Crippen LogP contribution in [0.15, 0.2) is 24.3 Å². The Bertz CT molecular complexity index is 427. The van der Waals surface area contributed by atoms with Crippen molar-refractivity contribution < 1.29 is 0 Å². The number of rotatable bonds is 8. The van der Waals surface area contributed by atoms with Gasteiger partial charge < -0.3 is 10.2 Å². The van der Waals surface area contributed by atoms with Gasteiger partial charge in [-0.1, -0.05) is 51.8 Å². The minimum atomic E-state index is 0.429. The van der Waals surface area contributed by atoms with Crippen LogP contribution in [0.1, 0.15) is 65.0 Å². The number of anilines is 1. The second-order valence-corrected chi connectivity index (χ2v) is 6.69. The van der Waals surface area contributed by atoms with E-state index in [-0.39, 0.29) is 0 Å². The normalized spacial score (nSPS) is 18.4. The van der Waals surface area contributed by atoms with E-state index < -0.39 is 0 Å². The lowest BCUT2D eigenvalue weighted by Gasteiger charge is -2.52. The first-order valence-corrected chi connectivity index (χ1v) is 8.73. The molecule has 0 radical (unpaired) electrons. The molecule has 1 saturated heterocycles. The minimum absolute atomic E-state index is 0.429. The molecule has 2 rings (SSSR count). The van der Waals surface area contributed by atoms with Crippen LogP contribution in [0.3, 0.4) is 0 Å². The molecule has 118 valence electrons. The predicted octanol–water partition coefficient (Wildman–Crippen LogP) is 4.76. The fraction of sp³-hybridized carbons (Fsp3) is 0.684. The number of nitrogens with zero attached hydrogens (tertiary/aromatic N) is 1. The number of hydrogen-bond acceptors (Lipinski definition) is 2.